The molecule has 0 spiro atoms. The van der Waals surface area contributed by atoms with Gasteiger partial charge in [-0.15, -0.1) is 0 Å². The van der Waals surface area contributed by atoms with E-state index in [1.54, 1.807) is 0 Å². The largest absolute Gasteiger partial charge is 0.339 e. The molecular weight excluding hydrogens is 360 g/mol. The molecule has 1 aliphatic carbocycles. The average molecular weight is 379 g/mol. The van der Waals surface area contributed by atoms with Crippen molar-refractivity contribution in [3.8, 4) is 0 Å². The molecule has 6 heteroatoms. The van der Waals surface area contributed by atoms with Crippen LogP contribution in [0.1, 0.15) is 34.5 Å². The molecule has 0 saturated carbocycles. The first-order chi connectivity index (χ1) is 13.1. The highest BCUT2D eigenvalue weighted by molar-refractivity contribution is 6.31. The number of hydrogen-bond acceptors (Lipinski definition) is 5. The minimum absolute atomic E-state index is 0.0738. The van der Waals surface area contributed by atoms with Crippen LogP contribution in [0.25, 0.3) is 0 Å². The highest BCUT2D eigenvalue weighted by Crippen LogP contribution is 2.32. The Kier molecular flexibility index (Phi) is 4.77. The fourth-order valence-corrected chi connectivity index (χ4v) is 3.36. The van der Waals surface area contributed by atoms with Crippen molar-refractivity contribution in [3.05, 3.63) is 70.4 Å². The number of nitrogens with zero attached hydrogens (tertiary/aromatic N) is 2. The number of benzene rings is 2. The number of aromatic nitrogens is 2. The van der Waals surface area contributed by atoms with Gasteiger partial charge in [0.2, 0.25) is 5.95 Å². The first kappa shape index (κ1) is 17.5. The summed E-state index contributed by atoms with van der Waals surface area (Å²) in [5.41, 5.74) is 3.99. The Hall–Kier alpha value is -2.92. The van der Waals surface area contributed by atoms with E-state index >= 15 is 0 Å². The van der Waals surface area contributed by atoms with Gasteiger partial charge in [-0.25, -0.2) is 4.98 Å². The normalized spacial score (nSPS) is 13.2. The van der Waals surface area contributed by atoms with Gasteiger partial charge < -0.3 is 10.6 Å². The van der Waals surface area contributed by atoms with Gasteiger partial charge in [-0.2, -0.15) is 4.98 Å². The molecule has 27 heavy (non-hydrogen) atoms. The molecule has 0 atom stereocenters. The Morgan fingerprint density at radius 2 is 1.78 bits per heavy atom. The number of ketones is 1. The van der Waals surface area contributed by atoms with Crippen LogP contribution < -0.4 is 10.6 Å². The summed E-state index contributed by atoms with van der Waals surface area (Å²) in [5.74, 6) is 1.06. The predicted octanol–water partition coefficient (Wildman–Crippen LogP) is 5.44. The molecule has 0 amide bonds. The summed E-state index contributed by atoms with van der Waals surface area (Å²) in [6.07, 6.45) is 2.09. The standard InChI is InChI=1S/C21H19ClN4O/c1-13-15(22)9-5-10-16(13)24-20-19-17(11-6-12-18(19)27)25-21(26-20)23-14-7-3-2-4-8-14/h2-5,7-10H,6,11-12H2,1H3,(H2,23,24,25,26). The second-order valence-electron chi connectivity index (χ2n) is 6.52. The molecule has 0 fully saturated rings. The molecule has 0 bridgehead atoms. The van der Waals surface area contributed by atoms with E-state index in [4.69, 9.17) is 11.6 Å². The van der Waals surface area contributed by atoms with E-state index in [1.165, 1.54) is 0 Å². The van der Waals surface area contributed by atoms with Crippen LogP contribution in [0.3, 0.4) is 0 Å². The summed E-state index contributed by atoms with van der Waals surface area (Å²) in [6, 6.07) is 15.4. The molecule has 1 aliphatic rings. The van der Waals surface area contributed by atoms with Gasteiger partial charge in [0, 0.05) is 22.8 Å². The van der Waals surface area contributed by atoms with Crippen molar-refractivity contribution in [2.45, 2.75) is 26.2 Å². The van der Waals surface area contributed by atoms with Gasteiger partial charge in [-0.1, -0.05) is 35.9 Å². The van der Waals surface area contributed by atoms with E-state index in [0.717, 1.165) is 35.5 Å². The smallest absolute Gasteiger partial charge is 0.229 e. The van der Waals surface area contributed by atoms with Crippen LogP contribution in [0.5, 0.6) is 0 Å². The average Bonchev–Trinajstić information content (AvgIpc) is 2.66. The topological polar surface area (TPSA) is 66.9 Å². The summed E-state index contributed by atoms with van der Waals surface area (Å²) in [6.45, 7) is 1.93. The summed E-state index contributed by atoms with van der Waals surface area (Å²) < 4.78 is 0. The molecule has 136 valence electrons. The zero-order valence-corrected chi connectivity index (χ0v) is 15.7. The maximum Gasteiger partial charge on any atom is 0.229 e. The number of carbonyl (C=O) groups is 1. The monoisotopic (exact) mass is 378 g/mol. The van der Waals surface area contributed by atoms with Crippen LogP contribution in [0.4, 0.5) is 23.1 Å². The molecule has 1 heterocycles. The van der Waals surface area contributed by atoms with Crippen LogP contribution >= 0.6 is 11.6 Å². The molecule has 5 nitrogen and oxygen atoms in total. The third-order valence-corrected chi connectivity index (χ3v) is 5.04. The van der Waals surface area contributed by atoms with Gasteiger partial charge in [0.05, 0.1) is 11.3 Å². The van der Waals surface area contributed by atoms with Gasteiger partial charge >= 0.3 is 0 Å². The van der Waals surface area contributed by atoms with Crippen LogP contribution in [-0.2, 0) is 6.42 Å². The van der Waals surface area contributed by atoms with Crippen LogP contribution in [0.15, 0.2) is 48.5 Å². The number of halogens is 1. The highest BCUT2D eigenvalue weighted by atomic mass is 35.5. The van der Waals surface area contributed by atoms with Gasteiger partial charge in [0.25, 0.3) is 0 Å². The third kappa shape index (κ3) is 3.64. The fourth-order valence-electron chi connectivity index (χ4n) is 3.19. The van der Waals surface area contributed by atoms with Gasteiger partial charge in [0.15, 0.2) is 5.78 Å². The van der Waals surface area contributed by atoms with Crippen molar-refractivity contribution in [3.63, 3.8) is 0 Å². The number of hydrogen-bond donors (Lipinski definition) is 2. The summed E-state index contributed by atoms with van der Waals surface area (Å²) in [7, 11) is 0. The van der Waals surface area contributed by atoms with E-state index in [-0.39, 0.29) is 5.78 Å². The number of fused-ring (bicyclic) bond motifs is 1. The maximum atomic E-state index is 12.6. The van der Waals surface area contributed by atoms with Crippen molar-refractivity contribution in [2.75, 3.05) is 10.6 Å². The molecule has 2 N–H and O–H groups in total. The van der Waals surface area contributed by atoms with Gasteiger partial charge in [-0.3, -0.25) is 4.79 Å². The number of rotatable bonds is 4. The molecular formula is C21H19ClN4O. The summed E-state index contributed by atoms with van der Waals surface area (Å²) in [5, 5.41) is 7.19. The molecule has 0 saturated heterocycles. The number of para-hydroxylation sites is 1. The number of nitrogens with one attached hydrogen (secondary N) is 2. The van der Waals surface area contributed by atoms with Gasteiger partial charge in [0.1, 0.15) is 5.82 Å². The van der Waals surface area contributed by atoms with Crippen molar-refractivity contribution in [2.24, 2.45) is 0 Å². The Labute approximate surface area is 162 Å². The molecule has 2 aromatic carbocycles. The lowest BCUT2D eigenvalue weighted by molar-refractivity contribution is 0.0972. The predicted molar refractivity (Wildman–Crippen MR) is 108 cm³/mol. The Morgan fingerprint density at radius 3 is 2.59 bits per heavy atom. The van der Waals surface area contributed by atoms with Crippen molar-refractivity contribution in [1.82, 2.24) is 9.97 Å². The minimum atomic E-state index is 0.0738. The number of Topliss-reactive ketones (excluding diaryl/α,β-unsaturated/α-hetero) is 1. The number of aryl methyl sites for hydroxylation is 1. The first-order valence-electron chi connectivity index (χ1n) is 8.90. The lowest BCUT2D eigenvalue weighted by Gasteiger charge is -2.20. The number of anilines is 4. The number of carbonyl (C=O) groups excluding carboxylic acids is 1. The van der Waals surface area contributed by atoms with Crippen molar-refractivity contribution in [1.29, 1.82) is 0 Å². The van der Waals surface area contributed by atoms with E-state index in [1.807, 2.05) is 55.5 Å². The Bertz CT molecular complexity index is 1000. The van der Waals surface area contributed by atoms with Crippen molar-refractivity contribution >= 4 is 40.5 Å². The molecule has 4 rings (SSSR count). The van der Waals surface area contributed by atoms with E-state index in [0.29, 0.717) is 28.8 Å². The van der Waals surface area contributed by atoms with Crippen LogP contribution in [0.2, 0.25) is 5.02 Å². The first-order valence-corrected chi connectivity index (χ1v) is 9.28. The van der Waals surface area contributed by atoms with Crippen molar-refractivity contribution < 1.29 is 4.79 Å². The minimum Gasteiger partial charge on any atom is -0.339 e. The molecule has 0 radical (unpaired) electrons. The lowest BCUT2D eigenvalue weighted by atomic mass is 9.95. The Balaban J connectivity index is 1.77. The zero-order chi connectivity index (χ0) is 18.8. The second-order valence-corrected chi connectivity index (χ2v) is 6.93. The SMILES string of the molecule is Cc1c(Cl)cccc1Nc1nc(Nc2ccccc2)nc2c1C(=O)CCC2. The second kappa shape index (κ2) is 7.37. The van der Waals surface area contributed by atoms with E-state index < -0.39 is 0 Å². The molecule has 0 unspecified atom stereocenters. The third-order valence-electron chi connectivity index (χ3n) is 4.63. The summed E-state index contributed by atoms with van der Waals surface area (Å²) >= 11 is 6.24. The Morgan fingerprint density at radius 1 is 0.963 bits per heavy atom. The summed E-state index contributed by atoms with van der Waals surface area (Å²) in [4.78, 5) is 21.7. The molecule has 0 aliphatic heterocycles. The van der Waals surface area contributed by atoms with Crippen LogP contribution in [-0.4, -0.2) is 15.8 Å². The van der Waals surface area contributed by atoms with E-state index in [9.17, 15) is 4.79 Å². The molecule has 1 aromatic heterocycles. The fraction of sp³-hybridized carbons (Fsp3) is 0.190. The maximum absolute atomic E-state index is 12.6. The quantitative estimate of drug-likeness (QED) is 0.632. The zero-order valence-electron chi connectivity index (χ0n) is 14.9. The highest BCUT2D eigenvalue weighted by Gasteiger charge is 2.25. The van der Waals surface area contributed by atoms with E-state index in [2.05, 4.69) is 20.6 Å². The van der Waals surface area contributed by atoms with Gasteiger partial charge in [-0.05, 0) is 49.6 Å². The lowest BCUT2D eigenvalue weighted by Crippen LogP contribution is -2.18. The van der Waals surface area contributed by atoms with Crippen LogP contribution in [0, 0.1) is 6.92 Å². The molecule has 3 aromatic rings.